The van der Waals surface area contributed by atoms with Crippen LogP contribution in [0.2, 0.25) is 0 Å². The summed E-state index contributed by atoms with van der Waals surface area (Å²) in [6, 6.07) is 4.24. The number of nitrogens with one attached hydrogen (secondary N) is 1. The zero-order chi connectivity index (χ0) is 14.0. The molecule has 0 aliphatic heterocycles. The molecule has 100 valence electrons. The number of benzene rings is 1. The molecule has 0 aliphatic carbocycles. The monoisotopic (exact) mass is 272 g/mol. The first-order valence-corrected chi connectivity index (χ1v) is 5.00. The number of aromatic carboxylic acids is 1. The van der Waals surface area contributed by atoms with E-state index in [1.807, 2.05) is 0 Å². The largest absolute Gasteiger partial charge is 0.477 e. The van der Waals surface area contributed by atoms with Gasteiger partial charge < -0.3 is 14.8 Å². The lowest BCUT2D eigenvalue weighted by Gasteiger charge is -2.11. The van der Waals surface area contributed by atoms with Gasteiger partial charge in [0.2, 0.25) is 0 Å². The fraction of sp³-hybridized carbons (Fsp3) is 0.0909. The Morgan fingerprint density at radius 3 is 2.58 bits per heavy atom. The van der Waals surface area contributed by atoms with Gasteiger partial charge in [0, 0.05) is 0 Å². The summed E-state index contributed by atoms with van der Waals surface area (Å²) < 4.78 is 43.0. The molecule has 0 unspecified atom stereocenters. The summed E-state index contributed by atoms with van der Waals surface area (Å²) in [6.07, 6.45) is -3.62. The Hall–Kier alpha value is -2.51. The van der Waals surface area contributed by atoms with E-state index in [1.54, 1.807) is 0 Å². The fourth-order valence-electron chi connectivity index (χ4n) is 1.36. The first-order chi connectivity index (χ1) is 8.88. The van der Waals surface area contributed by atoms with Crippen molar-refractivity contribution in [3.05, 3.63) is 41.7 Å². The first-order valence-electron chi connectivity index (χ1n) is 5.00. The standard InChI is InChI=1S/C11H7F3N2O3/c12-11(13,14)6-3-1-2-4-8(6)19-10-15-5-7(16-10)9(17)18/h1-5H,(H,15,16)(H,17,18). The number of H-pyrrole nitrogens is 1. The summed E-state index contributed by atoms with van der Waals surface area (Å²) in [6.45, 7) is 0. The van der Waals surface area contributed by atoms with Gasteiger partial charge in [0.1, 0.15) is 11.4 Å². The lowest BCUT2D eigenvalue weighted by molar-refractivity contribution is -0.138. The highest BCUT2D eigenvalue weighted by Gasteiger charge is 2.34. The topological polar surface area (TPSA) is 75.2 Å². The molecule has 0 amide bonds. The highest BCUT2D eigenvalue weighted by Crippen LogP contribution is 2.37. The molecule has 1 aromatic heterocycles. The van der Waals surface area contributed by atoms with Gasteiger partial charge in [0.05, 0.1) is 11.8 Å². The number of hydrogen-bond acceptors (Lipinski definition) is 3. The number of rotatable bonds is 3. The predicted octanol–water partition coefficient (Wildman–Crippen LogP) is 2.92. The van der Waals surface area contributed by atoms with Gasteiger partial charge in [0.15, 0.2) is 0 Å². The molecule has 0 spiro atoms. The van der Waals surface area contributed by atoms with Crippen molar-refractivity contribution in [2.45, 2.75) is 6.18 Å². The number of nitrogens with zero attached hydrogens (tertiary/aromatic N) is 1. The van der Waals surface area contributed by atoms with Crippen LogP contribution < -0.4 is 4.74 Å². The summed E-state index contributed by atoms with van der Waals surface area (Å²) in [7, 11) is 0. The molecule has 1 aromatic carbocycles. The second-order valence-corrected chi connectivity index (χ2v) is 3.50. The van der Waals surface area contributed by atoms with Crippen LogP contribution in [0.3, 0.4) is 0 Å². The molecular formula is C11H7F3N2O3. The van der Waals surface area contributed by atoms with Crippen LogP contribution in [0.1, 0.15) is 16.1 Å². The smallest absolute Gasteiger partial charge is 0.419 e. The number of carboxylic acids is 1. The van der Waals surface area contributed by atoms with Crippen LogP contribution in [0.25, 0.3) is 0 Å². The van der Waals surface area contributed by atoms with Crippen LogP contribution in [-0.2, 0) is 6.18 Å². The molecule has 0 bridgehead atoms. The van der Waals surface area contributed by atoms with Crippen LogP contribution in [0.15, 0.2) is 30.5 Å². The third-order valence-electron chi connectivity index (χ3n) is 2.18. The molecule has 0 fully saturated rings. The van der Waals surface area contributed by atoms with Crippen molar-refractivity contribution in [3.8, 4) is 11.8 Å². The number of ether oxygens (including phenoxy) is 1. The summed E-state index contributed by atoms with van der Waals surface area (Å²) in [5.41, 5.74) is -1.25. The van der Waals surface area contributed by atoms with E-state index in [1.165, 1.54) is 12.1 Å². The Bertz CT molecular complexity index is 607. The van der Waals surface area contributed by atoms with E-state index >= 15 is 0 Å². The van der Waals surface area contributed by atoms with Gasteiger partial charge in [-0.15, -0.1) is 0 Å². The Balaban J connectivity index is 2.30. The van der Waals surface area contributed by atoms with E-state index in [2.05, 4.69) is 9.97 Å². The van der Waals surface area contributed by atoms with E-state index in [9.17, 15) is 18.0 Å². The lowest BCUT2D eigenvalue weighted by Crippen LogP contribution is -2.07. The minimum absolute atomic E-state index is 0.278. The van der Waals surface area contributed by atoms with Crippen molar-refractivity contribution in [3.63, 3.8) is 0 Å². The SMILES string of the molecule is O=C(O)c1cnc(Oc2ccccc2C(F)(F)F)[nH]1. The summed E-state index contributed by atoms with van der Waals surface area (Å²) in [5.74, 6) is -1.74. The molecule has 0 aliphatic rings. The lowest BCUT2D eigenvalue weighted by atomic mass is 10.2. The van der Waals surface area contributed by atoms with E-state index < -0.39 is 23.5 Å². The predicted molar refractivity (Wildman–Crippen MR) is 57.1 cm³/mol. The van der Waals surface area contributed by atoms with E-state index in [-0.39, 0.29) is 11.7 Å². The second kappa shape index (κ2) is 4.63. The maximum atomic E-state index is 12.7. The van der Waals surface area contributed by atoms with Gasteiger partial charge in [0.25, 0.3) is 6.01 Å². The Kier molecular flexibility index (Phi) is 3.16. The van der Waals surface area contributed by atoms with Gasteiger partial charge in [-0.3, -0.25) is 0 Å². The van der Waals surface area contributed by atoms with Gasteiger partial charge >= 0.3 is 12.1 Å². The zero-order valence-corrected chi connectivity index (χ0v) is 9.23. The van der Waals surface area contributed by atoms with Crippen LogP contribution in [0, 0.1) is 0 Å². The van der Waals surface area contributed by atoms with E-state index in [0.717, 1.165) is 18.3 Å². The number of halogens is 3. The molecule has 2 rings (SSSR count). The van der Waals surface area contributed by atoms with Crippen LogP contribution in [0.5, 0.6) is 11.8 Å². The fourth-order valence-corrected chi connectivity index (χ4v) is 1.36. The number of hydrogen-bond donors (Lipinski definition) is 2. The van der Waals surface area contributed by atoms with Crippen molar-refractivity contribution in [1.29, 1.82) is 0 Å². The number of alkyl halides is 3. The van der Waals surface area contributed by atoms with Crippen molar-refractivity contribution in [2.75, 3.05) is 0 Å². The van der Waals surface area contributed by atoms with Crippen LogP contribution in [0.4, 0.5) is 13.2 Å². The van der Waals surface area contributed by atoms with Crippen LogP contribution >= 0.6 is 0 Å². The summed E-state index contributed by atoms with van der Waals surface area (Å²) >= 11 is 0. The molecule has 5 nitrogen and oxygen atoms in total. The number of para-hydroxylation sites is 1. The van der Waals surface area contributed by atoms with Crippen molar-refractivity contribution < 1.29 is 27.8 Å². The average Bonchev–Trinajstić information content (AvgIpc) is 2.77. The molecule has 0 atom stereocenters. The first kappa shape index (κ1) is 12.9. The van der Waals surface area contributed by atoms with Crippen LogP contribution in [-0.4, -0.2) is 21.0 Å². The zero-order valence-electron chi connectivity index (χ0n) is 9.23. The summed E-state index contributed by atoms with van der Waals surface area (Å²) in [5, 5.41) is 8.64. The van der Waals surface area contributed by atoms with Crippen molar-refractivity contribution in [1.82, 2.24) is 9.97 Å². The third kappa shape index (κ3) is 2.84. The molecule has 0 radical (unpaired) electrons. The molecule has 8 heteroatoms. The maximum absolute atomic E-state index is 12.7. The third-order valence-corrected chi connectivity index (χ3v) is 2.18. The highest BCUT2D eigenvalue weighted by atomic mass is 19.4. The summed E-state index contributed by atoms with van der Waals surface area (Å²) in [4.78, 5) is 16.4. The second-order valence-electron chi connectivity index (χ2n) is 3.50. The Morgan fingerprint density at radius 1 is 1.32 bits per heavy atom. The van der Waals surface area contributed by atoms with Gasteiger partial charge in [-0.1, -0.05) is 12.1 Å². The molecule has 0 saturated heterocycles. The number of carbonyl (C=O) groups is 1. The number of aromatic nitrogens is 2. The van der Waals surface area contributed by atoms with Gasteiger partial charge in [-0.2, -0.15) is 13.2 Å². The van der Waals surface area contributed by atoms with Gasteiger partial charge in [-0.05, 0) is 12.1 Å². The Morgan fingerprint density at radius 2 is 2.00 bits per heavy atom. The van der Waals surface area contributed by atoms with Gasteiger partial charge in [-0.25, -0.2) is 9.78 Å². The quantitative estimate of drug-likeness (QED) is 0.900. The molecule has 0 saturated carbocycles. The average molecular weight is 272 g/mol. The van der Waals surface area contributed by atoms with E-state index in [0.29, 0.717) is 0 Å². The molecule has 2 N–H and O–H groups in total. The minimum atomic E-state index is -4.57. The number of carboxylic acid groups (broad SMARTS) is 1. The van der Waals surface area contributed by atoms with E-state index in [4.69, 9.17) is 9.84 Å². The highest BCUT2D eigenvalue weighted by molar-refractivity contribution is 5.85. The molecular weight excluding hydrogens is 265 g/mol. The van der Waals surface area contributed by atoms with Crippen molar-refractivity contribution in [2.24, 2.45) is 0 Å². The minimum Gasteiger partial charge on any atom is -0.477 e. The Labute approximate surface area is 104 Å². The number of aromatic amines is 1. The molecule has 19 heavy (non-hydrogen) atoms. The molecule has 1 heterocycles. The number of imidazole rings is 1. The maximum Gasteiger partial charge on any atom is 0.419 e. The van der Waals surface area contributed by atoms with Crippen molar-refractivity contribution >= 4 is 5.97 Å². The normalized spacial score (nSPS) is 11.3. The molecule has 2 aromatic rings.